The third-order valence-electron chi connectivity index (χ3n) is 3.68. The van der Waals surface area contributed by atoms with Gasteiger partial charge in [-0.3, -0.25) is 4.79 Å². The molecule has 2 aromatic rings. The molecule has 138 valence electrons. The smallest absolute Gasteiger partial charge is 0.264 e. The van der Waals surface area contributed by atoms with Crippen molar-refractivity contribution in [1.29, 1.82) is 0 Å². The van der Waals surface area contributed by atoms with Gasteiger partial charge in [0.05, 0.1) is 24.5 Å². The zero-order chi connectivity index (χ0) is 18.7. The maximum absolute atomic E-state index is 13.7. The molecule has 0 aliphatic carbocycles. The van der Waals surface area contributed by atoms with Gasteiger partial charge in [0.1, 0.15) is 5.82 Å². The molecule has 0 aromatic heterocycles. The normalized spacial score (nSPS) is 13.8. The fourth-order valence-electron chi connectivity index (χ4n) is 2.42. The van der Waals surface area contributed by atoms with Crippen LogP contribution < -0.4 is 14.2 Å². The molecule has 2 aromatic carbocycles. The SMILES string of the molecule is O=C(Cc1c(F)cccc1Cl)NS(=O)(=O)c1ccc2c(c1)OCCCO2. The highest BCUT2D eigenvalue weighted by Gasteiger charge is 2.22. The molecule has 1 N–H and O–H groups in total. The third-order valence-corrected chi connectivity index (χ3v) is 5.40. The Hall–Kier alpha value is -2.32. The van der Waals surface area contributed by atoms with Gasteiger partial charge in [0.15, 0.2) is 11.5 Å². The van der Waals surface area contributed by atoms with Gasteiger partial charge < -0.3 is 9.47 Å². The van der Waals surface area contributed by atoms with Crippen molar-refractivity contribution in [3.05, 3.63) is 52.8 Å². The van der Waals surface area contributed by atoms with Crippen LogP contribution in [0, 0.1) is 5.82 Å². The molecule has 0 saturated heterocycles. The van der Waals surface area contributed by atoms with Gasteiger partial charge in [-0.05, 0) is 24.3 Å². The molecule has 9 heteroatoms. The third kappa shape index (κ3) is 4.08. The first-order valence-electron chi connectivity index (χ1n) is 7.75. The highest BCUT2D eigenvalue weighted by molar-refractivity contribution is 7.90. The molecule has 0 bridgehead atoms. The van der Waals surface area contributed by atoms with Gasteiger partial charge in [-0.15, -0.1) is 0 Å². The molecular weight excluding hydrogens is 385 g/mol. The number of carbonyl (C=O) groups excluding carboxylic acids is 1. The highest BCUT2D eigenvalue weighted by atomic mass is 35.5. The fraction of sp³-hybridized carbons (Fsp3) is 0.235. The van der Waals surface area contributed by atoms with Crippen molar-refractivity contribution in [3.8, 4) is 11.5 Å². The number of carbonyl (C=O) groups is 1. The average molecular weight is 400 g/mol. The van der Waals surface area contributed by atoms with Crippen LogP contribution in [-0.2, 0) is 21.2 Å². The number of fused-ring (bicyclic) bond motifs is 1. The van der Waals surface area contributed by atoms with Gasteiger partial charge in [0.2, 0.25) is 5.91 Å². The van der Waals surface area contributed by atoms with E-state index in [1.54, 1.807) is 0 Å². The van der Waals surface area contributed by atoms with Crippen LogP contribution >= 0.6 is 11.6 Å². The van der Waals surface area contributed by atoms with Gasteiger partial charge in [-0.1, -0.05) is 17.7 Å². The molecule has 0 spiro atoms. The lowest BCUT2D eigenvalue weighted by atomic mass is 10.1. The first kappa shape index (κ1) is 18.5. The molecule has 1 amide bonds. The Morgan fingerprint density at radius 1 is 1.15 bits per heavy atom. The standard InChI is InChI=1S/C17H15ClFNO5S/c18-13-3-1-4-14(19)12(13)10-17(21)20-26(22,23)11-5-6-15-16(9-11)25-8-2-7-24-15/h1,3-6,9H,2,7-8,10H2,(H,20,21). The summed E-state index contributed by atoms with van der Waals surface area (Å²) in [7, 11) is -4.15. The Morgan fingerprint density at radius 2 is 1.88 bits per heavy atom. The number of hydrogen-bond donors (Lipinski definition) is 1. The lowest BCUT2D eigenvalue weighted by Gasteiger charge is -2.11. The maximum Gasteiger partial charge on any atom is 0.264 e. The summed E-state index contributed by atoms with van der Waals surface area (Å²) in [6, 6.07) is 8.02. The van der Waals surface area contributed by atoms with E-state index in [4.69, 9.17) is 21.1 Å². The molecular formula is C17H15ClFNO5S. The molecule has 1 aliphatic rings. The Balaban J connectivity index is 1.78. The first-order chi connectivity index (χ1) is 12.4. The van der Waals surface area contributed by atoms with Crippen LogP contribution in [0.5, 0.6) is 11.5 Å². The predicted molar refractivity (Wildman–Crippen MR) is 92.5 cm³/mol. The second kappa shape index (κ2) is 7.51. The molecule has 0 atom stereocenters. The number of ether oxygens (including phenoxy) is 2. The van der Waals surface area contributed by atoms with Crippen LogP contribution in [0.15, 0.2) is 41.3 Å². The average Bonchev–Trinajstić information content (AvgIpc) is 2.82. The van der Waals surface area contributed by atoms with E-state index in [1.165, 1.54) is 30.3 Å². The molecule has 6 nitrogen and oxygen atoms in total. The van der Waals surface area contributed by atoms with Gasteiger partial charge in [0.25, 0.3) is 10.0 Å². The van der Waals surface area contributed by atoms with Crippen LogP contribution in [0.4, 0.5) is 4.39 Å². The minimum Gasteiger partial charge on any atom is -0.490 e. The summed E-state index contributed by atoms with van der Waals surface area (Å²) < 4.78 is 51.4. The van der Waals surface area contributed by atoms with Crippen LogP contribution in [0.25, 0.3) is 0 Å². The minimum atomic E-state index is -4.15. The van der Waals surface area contributed by atoms with Crippen LogP contribution in [0.1, 0.15) is 12.0 Å². The van der Waals surface area contributed by atoms with E-state index in [0.717, 1.165) is 6.07 Å². The number of hydrogen-bond acceptors (Lipinski definition) is 5. The summed E-state index contributed by atoms with van der Waals surface area (Å²) in [4.78, 5) is 11.9. The van der Waals surface area contributed by atoms with E-state index >= 15 is 0 Å². The Morgan fingerprint density at radius 3 is 2.62 bits per heavy atom. The molecule has 1 heterocycles. The summed E-state index contributed by atoms with van der Waals surface area (Å²) >= 11 is 5.86. The van der Waals surface area contributed by atoms with Crippen molar-refractivity contribution >= 4 is 27.5 Å². The van der Waals surface area contributed by atoms with Gasteiger partial charge in [-0.25, -0.2) is 17.5 Å². The van der Waals surface area contributed by atoms with E-state index < -0.39 is 28.2 Å². The summed E-state index contributed by atoms with van der Waals surface area (Å²) in [5.74, 6) is -0.856. The van der Waals surface area contributed by atoms with E-state index in [9.17, 15) is 17.6 Å². The van der Waals surface area contributed by atoms with Crippen molar-refractivity contribution in [2.24, 2.45) is 0 Å². The monoisotopic (exact) mass is 399 g/mol. The molecule has 0 unspecified atom stereocenters. The summed E-state index contributed by atoms with van der Waals surface area (Å²) in [6.07, 6.45) is 0.173. The van der Waals surface area contributed by atoms with E-state index in [2.05, 4.69) is 0 Å². The zero-order valence-electron chi connectivity index (χ0n) is 13.5. The highest BCUT2D eigenvalue weighted by Crippen LogP contribution is 2.31. The number of halogens is 2. The molecule has 26 heavy (non-hydrogen) atoms. The maximum atomic E-state index is 13.7. The largest absolute Gasteiger partial charge is 0.490 e. The van der Waals surface area contributed by atoms with E-state index in [1.807, 2.05) is 4.72 Å². The number of nitrogens with one attached hydrogen (secondary N) is 1. The zero-order valence-corrected chi connectivity index (χ0v) is 15.1. The Bertz CT molecular complexity index is 928. The number of amides is 1. The lowest BCUT2D eigenvalue weighted by molar-refractivity contribution is -0.118. The predicted octanol–water partition coefficient (Wildman–Crippen LogP) is 2.69. The van der Waals surface area contributed by atoms with Crippen LogP contribution in [0.2, 0.25) is 5.02 Å². The van der Waals surface area contributed by atoms with E-state index in [0.29, 0.717) is 25.4 Å². The molecule has 0 fully saturated rings. The number of sulfonamides is 1. The number of benzene rings is 2. The minimum absolute atomic E-state index is 0.0492. The molecule has 0 radical (unpaired) electrons. The van der Waals surface area contributed by atoms with Crippen LogP contribution in [-0.4, -0.2) is 27.5 Å². The molecule has 1 aliphatic heterocycles. The van der Waals surface area contributed by atoms with Crippen molar-refractivity contribution < 1.29 is 27.1 Å². The summed E-state index contributed by atoms with van der Waals surface area (Å²) in [5, 5.41) is 0.0492. The van der Waals surface area contributed by atoms with Crippen LogP contribution in [0.3, 0.4) is 0 Å². The summed E-state index contributed by atoms with van der Waals surface area (Å²) in [5.41, 5.74) is -0.0690. The second-order valence-electron chi connectivity index (χ2n) is 5.56. The Labute approximate surface area is 154 Å². The Kier molecular flexibility index (Phi) is 5.33. The van der Waals surface area contributed by atoms with Crippen molar-refractivity contribution in [2.75, 3.05) is 13.2 Å². The number of rotatable bonds is 4. The lowest BCUT2D eigenvalue weighted by Crippen LogP contribution is -2.32. The van der Waals surface area contributed by atoms with Gasteiger partial charge in [0, 0.05) is 23.1 Å². The van der Waals surface area contributed by atoms with Crippen molar-refractivity contribution in [3.63, 3.8) is 0 Å². The molecule has 3 rings (SSSR count). The van der Waals surface area contributed by atoms with Gasteiger partial charge >= 0.3 is 0 Å². The van der Waals surface area contributed by atoms with Crippen molar-refractivity contribution in [2.45, 2.75) is 17.7 Å². The summed E-state index contributed by atoms with van der Waals surface area (Å²) in [6.45, 7) is 0.869. The van der Waals surface area contributed by atoms with Crippen molar-refractivity contribution in [1.82, 2.24) is 4.72 Å². The topological polar surface area (TPSA) is 81.7 Å². The molecule has 0 saturated carbocycles. The van der Waals surface area contributed by atoms with E-state index in [-0.39, 0.29) is 21.2 Å². The second-order valence-corrected chi connectivity index (χ2v) is 7.65. The first-order valence-corrected chi connectivity index (χ1v) is 9.61. The van der Waals surface area contributed by atoms with Gasteiger partial charge in [-0.2, -0.15) is 0 Å². The quantitative estimate of drug-likeness (QED) is 0.854. The fourth-order valence-corrected chi connectivity index (χ4v) is 3.65.